The summed E-state index contributed by atoms with van der Waals surface area (Å²) in [5, 5.41) is 20.6. The lowest BCUT2D eigenvalue weighted by Crippen LogP contribution is -2.28. The zero-order valence-corrected chi connectivity index (χ0v) is 15.7. The van der Waals surface area contributed by atoms with Crippen LogP contribution in [0.15, 0.2) is 30.6 Å². The van der Waals surface area contributed by atoms with E-state index in [0.717, 1.165) is 6.20 Å². The molecule has 3 rings (SSSR count). The second-order valence-electron chi connectivity index (χ2n) is 7.14. The quantitative estimate of drug-likeness (QED) is 0.718. The Bertz CT molecular complexity index is 1070. The smallest absolute Gasteiger partial charge is 0.309 e. The number of aromatic nitrogens is 2. The van der Waals surface area contributed by atoms with Gasteiger partial charge in [-0.2, -0.15) is 23.7 Å². The molecule has 1 heterocycles. The third-order valence-corrected chi connectivity index (χ3v) is 5.03. The average molecular weight is 435 g/mol. The molecule has 1 fully saturated rings. The van der Waals surface area contributed by atoms with Crippen molar-refractivity contribution in [3.05, 3.63) is 53.0 Å². The van der Waals surface area contributed by atoms with E-state index in [9.17, 15) is 32.0 Å². The Morgan fingerprint density at radius 1 is 1.16 bits per heavy atom. The number of nitrogens with one attached hydrogen (secondary N) is 1. The Morgan fingerprint density at radius 3 is 2.39 bits per heavy atom. The molecule has 31 heavy (non-hydrogen) atoms. The number of carbonyl (C=O) groups excluding carboxylic acids is 1. The lowest BCUT2D eigenvalue weighted by atomic mass is 9.83. The van der Waals surface area contributed by atoms with Crippen LogP contribution in [0.4, 0.5) is 27.8 Å². The highest BCUT2D eigenvalue weighted by molar-refractivity contribution is 5.95. The SMILES string of the molecule is N#Cc1ccc(C(C(=O)Nc2cnc(C(F)(F)F)cn2)C2CCC(F)(F)C2)cc1C#N. The topological polar surface area (TPSA) is 102 Å². The molecule has 1 aliphatic carbocycles. The van der Waals surface area contributed by atoms with Gasteiger partial charge < -0.3 is 5.32 Å². The van der Waals surface area contributed by atoms with Crippen LogP contribution in [0.2, 0.25) is 0 Å². The summed E-state index contributed by atoms with van der Waals surface area (Å²) in [6.07, 6.45) is -4.48. The molecule has 1 aromatic carbocycles. The standard InChI is InChI=1S/C20H14F5N5O/c21-19(22)4-3-12(6-19)17(11-1-2-13(7-26)14(5-11)8-27)18(31)30-16-10-28-15(9-29-16)20(23,24)25/h1-2,5,9-10,12,17H,3-4,6H2,(H,29,30,31). The van der Waals surface area contributed by atoms with E-state index in [1.165, 1.54) is 18.2 Å². The molecule has 6 nitrogen and oxygen atoms in total. The molecule has 0 spiro atoms. The van der Waals surface area contributed by atoms with E-state index in [1.807, 2.05) is 12.1 Å². The van der Waals surface area contributed by atoms with Gasteiger partial charge in [-0.3, -0.25) is 4.79 Å². The maximum Gasteiger partial charge on any atom is 0.434 e. The van der Waals surface area contributed by atoms with Crippen LogP contribution in [-0.4, -0.2) is 21.8 Å². The van der Waals surface area contributed by atoms with E-state index in [-0.39, 0.29) is 28.9 Å². The molecular weight excluding hydrogens is 421 g/mol. The summed E-state index contributed by atoms with van der Waals surface area (Å²) in [6, 6.07) is 7.66. The molecule has 160 valence electrons. The predicted octanol–water partition coefficient (Wildman–Crippen LogP) is 4.40. The molecular formula is C20H14F5N5O. The molecule has 1 aliphatic rings. The highest BCUT2D eigenvalue weighted by Gasteiger charge is 2.45. The third-order valence-electron chi connectivity index (χ3n) is 5.03. The molecule has 1 aromatic heterocycles. The van der Waals surface area contributed by atoms with Crippen LogP contribution in [-0.2, 0) is 11.0 Å². The minimum atomic E-state index is -4.70. The molecule has 1 N–H and O–H groups in total. The summed E-state index contributed by atoms with van der Waals surface area (Å²) in [7, 11) is 0. The lowest BCUT2D eigenvalue weighted by Gasteiger charge is -2.23. The summed E-state index contributed by atoms with van der Waals surface area (Å²) >= 11 is 0. The van der Waals surface area contributed by atoms with E-state index in [1.54, 1.807) is 0 Å². The Morgan fingerprint density at radius 2 is 1.87 bits per heavy atom. The van der Waals surface area contributed by atoms with Crippen LogP contribution < -0.4 is 5.32 Å². The molecule has 0 radical (unpaired) electrons. The van der Waals surface area contributed by atoms with Gasteiger partial charge in [0.05, 0.1) is 29.4 Å². The number of hydrogen-bond acceptors (Lipinski definition) is 5. The van der Waals surface area contributed by atoms with Gasteiger partial charge in [-0.05, 0) is 30.0 Å². The summed E-state index contributed by atoms with van der Waals surface area (Å²) < 4.78 is 65.5. The Labute approximate surface area is 173 Å². The first-order valence-corrected chi connectivity index (χ1v) is 9.06. The summed E-state index contributed by atoms with van der Waals surface area (Å²) in [6.45, 7) is 0. The number of nitrogens with zero attached hydrogens (tertiary/aromatic N) is 4. The van der Waals surface area contributed by atoms with Crippen LogP contribution in [0.3, 0.4) is 0 Å². The van der Waals surface area contributed by atoms with Crippen LogP contribution >= 0.6 is 0 Å². The van der Waals surface area contributed by atoms with Crippen molar-refractivity contribution in [2.24, 2.45) is 5.92 Å². The van der Waals surface area contributed by atoms with E-state index < -0.39 is 48.4 Å². The number of amides is 1. The molecule has 11 heteroatoms. The maximum absolute atomic E-state index is 13.8. The Kier molecular flexibility index (Phi) is 5.89. The zero-order valence-electron chi connectivity index (χ0n) is 15.7. The fourth-order valence-corrected chi connectivity index (χ4v) is 3.59. The predicted molar refractivity (Wildman–Crippen MR) is 96.6 cm³/mol. The molecule has 0 bridgehead atoms. The Hall–Kier alpha value is -3.60. The van der Waals surface area contributed by atoms with Crippen molar-refractivity contribution >= 4 is 11.7 Å². The van der Waals surface area contributed by atoms with Crippen molar-refractivity contribution in [1.29, 1.82) is 10.5 Å². The molecule has 2 atom stereocenters. The van der Waals surface area contributed by atoms with Gasteiger partial charge in [-0.15, -0.1) is 0 Å². The molecule has 1 saturated carbocycles. The van der Waals surface area contributed by atoms with Gasteiger partial charge in [0.15, 0.2) is 11.5 Å². The summed E-state index contributed by atoms with van der Waals surface area (Å²) in [4.78, 5) is 19.7. The van der Waals surface area contributed by atoms with Gasteiger partial charge in [0.2, 0.25) is 11.8 Å². The fraction of sp³-hybridized carbons (Fsp3) is 0.350. The first-order valence-electron chi connectivity index (χ1n) is 9.06. The Balaban J connectivity index is 1.92. The lowest BCUT2D eigenvalue weighted by molar-refractivity contribution is -0.141. The number of halogens is 5. The highest BCUT2D eigenvalue weighted by Crippen LogP contribution is 2.46. The van der Waals surface area contributed by atoms with Crippen molar-refractivity contribution in [2.75, 3.05) is 5.32 Å². The van der Waals surface area contributed by atoms with Gasteiger partial charge in [-0.25, -0.2) is 18.7 Å². The zero-order chi connectivity index (χ0) is 22.8. The minimum absolute atomic E-state index is 0.0168. The number of rotatable bonds is 4. The van der Waals surface area contributed by atoms with Gasteiger partial charge in [0.25, 0.3) is 0 Å². The second-order valence-corrected chi connectivity index (χ2v) is 7.14. The molecule has 0 saturated heterocycles. The minimum Gasteiger partial charge on any atom is -0.309 e. The molecule has 0 aliphatic heterocycles. The number of benzene rings is 1. The van der Waals surface area contributed by atoms with Crippen molar-refractivity contribution in [2.45, 2.75) is 37.3 Å². The maximum atomic E-state index is 13.8. The number of carbonyl (C=O) groups is 1. The van der Waals surface area contributed by atoms with Gasteiger partial charge in [0.1, 0.15) is 12.1 Å². The van der Waals surface area contributed by atoms with Crippen molar-refractivity contribution in [3.63, 3.8) is 0 Å². The number of anilines is 1. The van der Waals surface area contributed by atoms with Crippen molar-refractivity contribution < 1.29 is 26.7 Å². The molecule has 1 amide bonds. The molecule has 2 unspecified atom stereocenters. The van der Waals surface area contributed by atoms with Crippen LogP contribution in [0.5, 0.6) is 0 Å². The monoisotopic (exact) mass is 435 g/mol. The van der Waals surface area contributed by atoms with Crippen LogP contribution in [0.25, 0.3) is 0 Å². The first-order chi connectivity index (χ1) is 14.5. The number of hydrogen-bond donors (Lipinski definition) is 1. The highest BCUT2D eigenvalue weighted by atomic mass is 19.4. The molecule has 2 aromatic rings. The van der Waals surface area contributed by atoms with E-state index in [4.69, 9.17) is 5.26 Å². The number of nitriles is 2. The fourth-order valence-electron chi connectivity index (χ4n) is 3.59. The van der Waals surface area contributed by atoms with Crippen molar-refractivity contribution in [3.8, 4) is 12.1 Å². The normalized spacial score (nSPS) is 18.6. The van der Waals surface area contributed by atoms with Gasteiger partial charge >= 0.3 is 6.18 Å². The third kappa shape index (κ3) is 4.94. The summed E-state index contributed by atoms with van der Waals surface area (Å²) in [5.74, 6) is -5.91. The first kappa shape index (κ1) is 22.1. The van der Waals surface area contributed by atoms with E-state index in [0.29, 0.717) is 6.20 Å². The van der Waals surface area contributed by atoms with E-state index in [2.05, 4.69) is 15.3 Å². The van der Waals surface area contributed by atoms with Crippen LogP contribution in [0.1, 0.15) is 47.6 Å². The number of alkyl halides is 5. The largest absolute Gasteiger partial charge is 0.434 e. The van der Waals surface area contributed by atoms with Crippen molar-refractivity contribution in [1.82, 2.24) is 9.97 Å². The van der Waals surface area contributed by atoms with Crippen LogP contribution in [0, 0.1) is 28.6 Å². The second kappa shape index (κ2) is 8.26. The van der Waals surface area contributed by atoms with Gasteiger partial charge in [-0.1, -0.05) is 6.07 Å². The summed E-state index contributed by atoms with van der Waals surface area (Å²) in [5.41, 5.74) is -0.952. The van der Waals surface area contributed by atoms with Gasteiger partial charge in [0, 0.05) is 12.8 Å². The average Bonchev–Trinajstić information content (AvgIpc) is 3.06. The van der Waals surface area contributed by atoms with E-state index >= 15 is 0 Å².